The Balaban J connectivity index is 2.25. The molecule has 0 amide bonds. The molecule has 3 heteroatoms. The maximum Gasteiger partial charge on any atom is 0.130 e. The van der Waals surface area contributed by atoms with Crippen molar-refractivity contribution in [2.75, 3.05) is 23.3 Å². The molecule has 0 saturated carbocycles. The Morgan fingerprint density at radius 2 is 1.90 bits per heavy atom. The lowest BCUT2D eigenvalue weighted by Gasteiger charge is -2.26. The van der Waals surface area contributed by atoms with E-state index in [2.05, 4.69) is 66.3 Å². The summed E-state index contributed by atoms with van der Waals surface area (Å²) in [5, 5.41) is 3.33. The number of hydrogen-bond donors (Lipinski definition) is 1. The number of anilines is 2. The average molecular weight is 269 g/mol. The maximum absolute atomic E-state index is 4.43. The van der Waals surface area contributed by atoms with Crippen LogP contribution in [-0.4, -0.2) is 18.1 Å². The van der Waals surface area contributed by atoms with E-state index in [1.54, 1.807) is 0 Å². The van der Waals surface area contributed by atoms with Crippen molar-refractivity contribution in [1.82, 2.24) is 4.98 Å². The first-order valence-corrected chi connectivity index (χ1v) is 7.24. The molecule has 3 nitrogen and oxygen atoms in total. The third-order valence-corrected chi connectivity index (χ3v) is 3.43. The Hall–Kier alpha value is -2.03. The second-order valence-electron chi connectivity index (χ2n) is 4.84. The van der Waals surface area contributed by atoms with Gasteiger partial charge in [-0.15, -0.1) is 0 Å². The first-order valence-electron chi connectivity index (χ1n) is 7.24. The number of nitrogens with one attached hydrogen (secondary N) is 1. The smallest absolute Gasteiger partial charge is 0.130 e. The molecule has 1 heterocycles. The van der Waals surface area contributed by atoms with Gasteiger partial charge < -0.3 is 10.2 Å². The van der Waals surface area contributed by atoms with E-state index in [9.17, 15) is 0 Å². The normalized spacial score (nSPS) is 10.3. The summed E-state index contributed by atoms with van der Waals surface area (Å²) >= 11 is 0. The van der Waals surface area contributed by atoms with Crippen molar-refractivity contribution in [2.24, 2.45) is 0 Å². The number of rotatable bonds is 6. The lowest BCUT2D eigenvalue weighted by atomic mass is 10.1. The van der Waals surface area contributed by atoms with Crippen LogP contribution in [0.4, 0.5) is 11.5 Å². The highest BCUT2D eigenvalue weighted by Crippen LogP contribution is 2.23. The highest BCUT2D eigenvalue weighted by atomic mass is 15.1. The van der Waals surface area contributed by atoms with E-state index < -0.39 is 0 Å². The molecule has 0 bridgehead atoms. The molecule has 1 N–H and O–H groups in total. The molecule has 1 aromatic carbocycles. The van der Waals surface area contributed by atoms with Crippen molar-refractivity contribution in [3.8, 4) is 0 Å². The summed E-state index contributed by atoms with van der Waals surface area (Å²) in [5.41, 5.74) is 3.84. The lowest BCUT2D eigenvalue weighted by molar-refractivity contribution is 0.824. The number of nitrogens with zero attached hydrogens (tertiary/aromatic N) is 2. The predicted molar refractivity (Wildman–Crippen MR) is 86.3 cm³/mol. The Morgan fingerprint density at radius 1 is 1.10 bits per heavy atom. The summed E-state index contributed by atoms with van der Waals surface area (Å²) in [5.74, 6) is 0.988. The van der Waals surface area contributed by atoms with Gasteiger partial charge in [0.2, 0.25) is 0 Å². The van der Waals surface area contributed by atoms with E-state index in [4.69, 9.17) is 0 Å². The Morgan fingerprint density at radius 3 is 2.60 bits per heavy atom. The Bertz CT molecular complexity index is 551. The van der Waals surface area contributed by atoms with Crippen LogP contribution >= 0.6 is 0 Å². The number of aromatic nitrogens is 1. The monoisotopic (exact) mass is 269 g/mol. The molecule has 0 spiro atoms. The van der Waals surface area contributed by atoms with Gasteiger partial charge >= 0.3 is 0 Å². The molecule has 2 aromatic rings. The van der Waals surface area contributed by atoms with Crippen LogP contribution in [0.1, 0.15) is 25.0 Å². The van der Waals surface area contributed by atoms with Gasteiger partial charge in [0.1, 0.15) is 5.82 Å². The quantitative estimate of drug-likeness (QED) is 0.863. The summed E-state index contributed by atoms with van der Waals surface area (Å²) in [7, 11) is 0. The molecular formula is C17H23N3. The van der Waals surface area contributed by atoms with E-state index in [1.165, 1.54) is 16.8 Å². The summed E-state index contributed by atoms with van der Waals surface area (Å²) in [6.45, 7) is 9.18. The molecule has 2 rings (SSSR count). The molecule has 1 aromatic heterocycles. The van der Waals surface area contributed by atoms with Crippen LogP contribution in [0, 0.1) is 6.92 Å². The van der Waals surface area contributed by atoms with Gasteiger partial charge in [-0.3, -0.25) is 0 Å². The molecule has 0 atom stereocenters. The molecule has 0 aliphatic carbocycles. The van der Waals surface area contributed by atoms with E-state index >= 15 is 0 Å². The highest BCUT2D eigenvalue weighted by molar-refractivity contribution is 5.55. The van der Waals surface area contributed by atoms with E-state index in [1.807, 2.05) is 12.3 Å². The minimum atomic E-state index is 0.873. The van der Waals surface area contributed by atoms with E-state index in [0.29, 0.717) is 0 Å². The fourth-order valence-corrected chi connectivity index (χ4v) is 2.38. The minimum absolute atomic E-state index is 0.873. The lowest BCUT2D eigenvalue weighted by Crippen LogP contribution is -2.23. The summed E-state index contributed by atoms with van der Waals surface area (Å²) < 4.78 is 0. The van der Waals surface area contributed by atoms with Crippen molar-refractivity contribution in [3.05, 3.63) is 53.7 Å². The van der Waals surface area contributed by atoms with Crippen LogP contribution in [-0.2, 0) is 6.54 Å². The first kappa shape index (κ1) is 14.4. The second-order valence-corrected chi connectivity index (χ2v) is 4.84. The molecule has 20 heavy (non-hydrogen) atoms. The van der Waals surface area contributed by atoms with Crippen LogP contribution in [0.3, 0.4) is 0 Å². The van der Waals surface area contributed by atoms with Gasteiger partial charge in [-0.25, -0.2) is 4.98 Å². The van der Waals surface area contributed by atoms with E-state index in [-0.39, 0.29) is 0 Å². The molecule has 0 aliphatic heterocycles. The zero-order valence-electron chi connectivity index (χ0n) is 12.6. The van der Waals surface area contributed by atoms with Crippen molar-refractivity contribution < 1.29 is 0 Å². The zero-order chi connectivity index (χ0) is 14.4. The largest absolute Gasteiger partial charge is 0.370 e. The molecule has 0 aliphatic rings. The van der Waals surface area contributed by atoms with Gasteiger partial charge in [-0.05, 0) is 38.5 Å². The Labute approximate surface area is 121 Å². The van der Waals surface area contributed by atoms with Crippen LogP contribution in [0.5, 0.6) is 0 Å². The van der Waals surface area contributed by atoms with Crippen molar-refractivity contribution in [2.45, 2.75) is 27.3 Å². The van der Waals surface area contributed by atoms with Crippen LogP contribution in [0.25, 0.3) is 0 Å². The number of benzene rings is 1. The van der Waals surface area contributed by atoms with Gasteiger partial charge in [-0.2, -0.15) is 0 Å². The second kappa shape index (κ2) is 6.94. The fourth-order valence-electron chi connectivity index (χ4n) is 2.38. The molecule has 0 fully saturated rings. The van der Waals surface area contributed by atoms with Crippen molar-refractivity contribution >= 4 is 11.5 Å². The molecule has 106 valence electrons. The summed E-state index contributed by atoms with van der Waals surface area (Å²) in [4.78, 5) is 6.82. The van der Waals surface area contributed by atoms with Crippen molar-refractivity contribution in [3.63, 3.8) is 0 Å². The summed E-state index contributed by atoms with van der Waals surface area (Å²) in [6.07, 6.45) is 1.84. The SMILES string of the molecule is CCNc1ncccc1CN(CC)c1ccccc1C. The number of hydrogen-bond acceptors (Lipinski definition) is 3. The number of para-hydroxylation sites is 1. The Kier molecular flexibility index (Phi) is 4.99. The van der Waals surface area contributed by atoms with Gasteiger partial charge in [0, 0.05) is 37.1 Å². The highest BCUT2D eigenvalue weighted by Gasteiger charge is 2.10. The van der Waals surface area contributed by atoms with Crippen LogP contribution in [0.2, 0.25) is 0 Å². The molecule has 0 radical (unpaired) electrons. The van der Waals surface area contributed by atoms with Crippen LogP contribution in [0.15, 0.2) is 42.6 Å². The predicted octanol–water partition coefficient (Wildman–Crippen LogP) is 3.85. The topological polar surface area (TPSA) is 28.2 Å². The van der Waals surface area contributed by atoms with Gasteiger partial charge in [-0.1, -0.05) is 24.3 Å². The maximum atomic E-state index is 4.43. The minimum Gasteiger partial charge on any atom is -0.370 e. The van der Waals surface area contributed by atoms with Gasteiger partial charge in [0.05, 0.1) is 0 Å². The van der Waals surface area contributed by atoms with Gasteiger partial charge in [0.25, 0.3) is 0 Å². The van der Waals surface area contributed by atoms with Gasteiger partial charge in [0.15, 0.2) is 0 Å². The summed E-state index contributed by atoms with van der Waals surface area (Å²) in [6, 6.07) is 12.7. The number of pyridine rings is 1. The zero-order valence-corrected chi connectivity index (χ0v) is 12.6. The molecular weight excluding hydrogens is 246 g/mol. The average Bonchev–Trinajstić information content (AvgIpc) is 2.47. The fraction of sp³-hybridized carbons (Fsp3) is 0.353. The first-order chi connectivity index (χ1) is 9.76. The van der Waals surface area contributed by atoms with Crippen molar-refractivity contribution in [1.29, 1.82) is 0 Å². The molecule has 0 unspecified atom stereocenters. The third-order valence-electron chi connectivity index (χ3n) is 3.43. The van der Waals surface area contributed by atoms with E-state index in [0.717, 1.165) is 25.5 Å². The standard InChI is InChI=1S/C17H23N3/c1-4-18-17-15(10-8-12-19-17)13-20(5-2)16-11-7-6-9-14(16)3/h6-12H,4-5,13H2,1-3H3,(H,18,19). The van der Waals surface area contributed by atoms with Crippen LogP contribution < -0.4 is 10.2 Å². The third kappa shape index (κ3) is 3.29. The number of aryl methyl sites for hydroxylation is 1. The molecule has 0 saturated heterocycles.